The van der Waals surface area contributed by atoms with Crippen LogP contribution in [-0.4, -0.2) is 17.1 Å². The molecule has 98 valence electrons. The maximum Gasteiger partial charge on any atom is 0.192 e. The summed E-state index contributed by atoms with van der Waals surface area (Å²) in [5.74, 6) is 1.09. The van der Waals surface area contributed by atoms with E-state index in [-0.39, 0.29) is 0 Å². The Morgan fingerprint density at radius 2 is 2.15 bits per heavy atom. The van der Waals surface area contributed by atoms with Crippen molar-refractivity contribution in [2.45, 2.75) is 6.92 Å². The van der Waals surface area contributed by atoms with Crippen molar-refractivity contribution in [2.24, 2.45) is 0 Å². The van der Waals surface area contributed by atoms with Gasteiger partial charge in [-0.25, -0.2) is 4.98 Å². The van der Waals surface area contributed by atoms with Gasteiger partial charge in [-0.05, 0) is 18.2 Å². The van der Waals surface area contributed by atoms with Gasteiger partial charge in [-0.1, -0.05) is 6.07 Å². The van der Waals surface area contributed by atoms with Gasteiger partial charge in [0.1, 0.15) is 11.6 Å². The number of ether oxygens (including phenoxy) is 1. The highest BCUT2D eigenvalue weighted by atomic mass is 16.5. The van der Waals surface area contributed by atoms with E-state index < -0.39 is 0 Å². The number of hydrogen-bond acceptors (Lipinski definition) is 5. The van der Waals surface area contributed by atoms with Gasteiger partial charge in [-0.3, -0.25) is 4.98 Å². The number of nitrogens with zero attached hydrogens (tertiary/aromatic N) is 3. The van der Waals surface area contributed by atoms with E-state index in [0.29, 0.717) is 28.5 Å². The van der Waals surface area contributed by atoms with Crippen LogP contribution in [0.2, 0.25) is 0 Å². The highest BCUT2D eigenvalue weighted by Crippen LogP contribution is 2.26. The number of oxazole rings is 1. The molecule has 0 atom stereocenters. The molecule has 5 heteroatoms. The molecule has 2 heterocycles. The van der Waals surface area contributed by atoms with Gasteiger partial charge >= 0.3 is 0 Å². The summed E-state index contributed by atoms with van der Waals surface area (Å²) in [5.41, 5.74) is 3.52. The van der Waals surface area contributed by atoms with Crippen LogP contribution in [0.4, 0.5) is 0 Å². The molecule has 0 radical (unpaired) electrons. The molecule has 3 aromatic rings. The van der Waals surface area contributed by atoms with Gasteiger partial charge in [0.15, 0.2) is 17.2 Å². The van der Waals surface area contributed by atoms with Crippen molar-refractivity contribution in [3.05, 3.63) is 41.9 Å². The average Bonchev–Trinajstić information content (AvgIpc) is 2.85. The number of methoxy groups -OCH3 is 1. The van der Waals surface area contributed by atoms with Gasteiger partial charge < -0.3 is 9.15 Å². The van der Waals surface area contributed by atoms with Crippen molar-refractivity contribution in [1.29, 1.82) is 5.26 Å². The third kappa shape index (κ3) is 1.97. The summed E-state index contributed by atoms with van der Waals surface area (Å²) in [5, 5.41) is 9.11. The Kier molecular flexibility index (Phi) is 2.84. The summed E-state index contributed by atoms with van der Waals surface area (Å²) < 4.78 is 10.6. The number of benzene rings is 1. The van der Waals surface area contributed by atoms with Gasteiger partial charge in [0, 0.05) is 12.5 Å². The molecule has 0 bridgehead atoms. The minimum Gasteiger partial charge on any atom is -0.494 e. The predicted molar refractivity (Wildman–Crippen MR) is 73.2 cm³/mol. The Bertz CT molecular complexity index is 831. The van der Waals surface area contributed by atoms with Crippen LogP contribution in [0.3, 0.4) is 0 Å². The molecule has 20 heavy (non-hydrogen) atoms. The summed E-state index contributed by atoms with van der Waals surface area (Å²) in [4.78, 5) is 8.55. The van der Waals surface area contributed by atoms with E-state index in [9.17, 15) is 0 Å². The highest BCUT2D eigenvalue weighted by Gasteiger charge is 2.09. The first kappa shape index (κ1) is 12.2. The maximum absolute atomic E-state index is 9.11. The molecule has 2 aromatic heterocycles. The zero-order valence-corrected chi connectivity index (χ0v) is 11.0. The smallest absolute Gasteiger partial charge is 0.192 e. The molecule has 3 rings (SSSR count). The Morgan fingerprint density at radius 1 is 1.30 bits per heavy atom. The quantitative estimate of drug-likeness (QED) is 0.712. The summed E-state index contributed by atoms with van der Waals surface area (Å²) in [6.07, 6.45) is 1.55. The summed E-state index contributed by atoms with van der Waals surface area (Å²) >= 11 is 0. The molecule has 0 saturated carbocycles. The van der Waals surface area contributed by atoms with Crippen LogP contribution in [0, 0.1) is 18.3 Å². The SMILES string of the molecule is COc1cnc(-c2ccc3nc(C)oc3c2)cc1C#N. The monoisotopic (exact) mass is 265 g/mol. The molecule has 1 aromatic carbocycles. The molecule has 0 amide bonds. The molecule has 0 saturated heterocycles. The van der Waals surface area contributed by atoms with E-state index in [1.165, 1.54) is 7.11 Å². The van der Waals surface area contributed by atoms with E-state index in [2.05, 4.69) is 16.0 Å². The van der Waals surface area contributed by atoms with Crippen LogP contribution >= 0.6 is 0 Å². The number of rotatable bonds is 2. The van der Waals surface area contributed by atoms with Crippen molar-refractivity contribution in [2.75, 3.05) is 7.11 Å². The van der Waals surface area contributed by atoms with E-state index in [0.717, 1.165) is 11.1 Å². The first-order chi connectivity index (χ1) is 9.71. The summed E-state index contributed by atoms with van der Waals surface area (Å²) in [7, 11) is 1.51. The van der Waals surface area contributed by atoms with Gasteiger partial charge in [0.2, 0.25) is 0 Å². The largest absolute Gasteiger partial charge is 0.494 e. The van der Waals surface area contributed by atoms with Crippen LogP contribution < -0.4 is 4.74 Å². The second kappa shape index (κ2) is 4.67. The van der Waals surface area contributed by atoms with E-state index in [1.807, 2.05) is 18.2 Å². The molecular weight excluding hydrogens is 254 g/mol. The third-order valence-corrected chi connectivity index (χ3v) is 3.00. The van der Waals surface area contributed by atoms with Crippen molar-refractivity contribution in [3.8, 4) is 23.1 Å². The van der Waals surface area contributed by atoms with Gasteiger partial charge in [0.25, 0.3) is 0 Å². The highest BCUT2D eigenvalue weighted by molar-refractivity contribution is 5.79. The van der Waals surface area contributed by atoms with Gasteiger partial charge in [0.05, 0.1) is 24.6 Å². The standard InChI is InChI=1S/C15H11N3O2/c1-9-18-12-4-3-10(6-14(12)20-9)13-5-11(7-16)15(19-2)8-17-13/h3-6,8H,1-2H3. The Balaban J connectivity index is 2.12. The fourth-order valence-corrected chi connectivity index (χ4v) is 2.05. The molecule has 5 nitrogen and oxygen atoms in total. The molecule has 0 spiro atoms. The third-order valence-electron chi connectivity index (χ3n) is 3.00. The first-order valence-electron chi connectivity index (χ1n) is 6.03. The topological polar surface area (TPSA) is 71.9 Å². The molecular formula is C15H11N3O2. The van der Waals surface area contributed by atoms with Crippen LogP contribution in [0.5, 0.6) is 5.75 Å². The van der Waals surface area contributed by atoms with Crippen LogP contribution in [-0.2, 0) is 0 Å². The number of pyridine rings is 1. The lowest BCUT2D eigenvalue weighted by molar-refractivity contribution is 0.411. The van der Waals surface area contributed by atoms with Crippen LogP contribution in [0.25, 0.3) is 22.4 Å². The van der Waals surface area contributed by atoms with Crippen LogP contribution in [0.1, 0.15) is 11.5 Å². The van der Waals surface area contributed by atoms with Gasteiger partial charge in [-0.2, -0.15) is 5.26 Å². The number of aryl methyl sites for hydroxylation is 1. The fraction of sp³-hybridized carbons (Fsp3) is 0.133. The maximum atomic E-state index is 9.11. The number of aromatic nitrogens is 2. The normalized spacial score (nSPS) is 10.4. The Hall–Kier alpha value is -2.87. The summed E-state index contributed by atoms with van der Waals surface area (Å²) in [6.45, 7) is 1.80. The van der Waals surface area contributed by atoms with E-state index >= 15 is 0 Å². The second-order valence-corrected chi connectivity index (χ2v) is 4.30. The fourth-order valence-electron chi connectivity index (χ4n) is 2.05. The molecule has 0 aliphatic carbocycles. The van der Waals surface area contributed by atoms with Crippen LogP contribution in [0.15, 0.2) is 34.9 Å². The zero-order chi connectivity index (χ0) is 14.1. The number of hydrogen-bond donors (Lipinski definition) is 0. The minimum atomic E-state index is 0.450. The minimum absolute atomic E-state index is 0.450. The Labute approximate surface area is 115 Å². The second-order valence-electron chi connectivity index (χ2n) is 4.30. The van der Waals surface area contributed by atoms with Crippen molar-refractivity contribution in [3.63, 3.8) is 0 Å². The van der Waals surface area contributed by atoms with E-state index in [1.54, 1.807) is 19.2 Å². The first-order valence-corrected chi connectivity index (χ1v) is 6.03. The molecule has 0 aliphatic heterocycles. The zero-order valence-electron chi connectivity index (χ0n) is 11.0. The van der Waals surface area contributed by atoms with Crippen molar-refractivity contribution >= 4 is 11.1 Å². The summed E-state index contributed by atoms with van der Waals surface area (Å²) in [6, 6.07) is 9.44. The lowest BCUT2D eigenvalue weighted by Crippen LogP contribution is -1.91. The molecule has 0 fully saturated rings. The predicted octanol–water partition coefficient (Wildman–Crippen LogP) is 3.08. The number of nitriles is 1. The lowest BCUT2D eigenvalue weighted by atomic mass is 10.1. The Morgan fingerprint density at radius 3 is 2.90 bits per heavy atom. The molecule has 0 aliphatic rings. The van der Waals surface area contributed by atoms with Crippen molar-refractivity contribution < 1.29 is 9.15 Å². The van der Waals surface area contributed by atoms with Gasteiger partial charge in [-0.15, -0.1) is 0 Å². The average molecular weight is 265 g/mol. The molecule has 0 unspecified atom stereocenters. The van der Waals surface area contributed by atoms with Crippen molar-refractivity contribution in [1.82, 2.24) is 9.97 Å². The number of fused-ring (bicyclic) bond motifs is 1. The molecule has 0 N–H and O–H groups in total. The lowest BCUT2D eigenvalue weighted by Gasteiger charge is -2.05. The van der Waals surface area contributed by atoms with E-state index in [4.69, 9.17) is 14.4 Å².